The standard InChI is InChI=1S/C15H23N3O2/c1-2-20-15(19)13-11-12(5-6-14(13)16)17-7-10-18-8-3-4-9-18/h5-6,11,17H,2-4,7-10,16H2,1H3. The van der Waals surface area contributed by atoms with Crippen molar-refractivity contribution in [3.05, 3.63) is 23.8 Å². The maximum atomic E-state index is 11.8. The third-order valence-corrected chi connectivity index (χ3v) is 3.50. The van der Waals surface area contributed by atoms with E-state index in [1.165, 1.54) is 25.9 Å². The van der Waals surface area contributed by atoms with Crippen molar-refractivity contribution in [2.75, 3.05) is 43.8 Å². The molecule has 5 heteroatoms. The van der Waals surface area contributed by atoms with Crippen molar-refractivity contribution in [3.63, 3.8) is 0 Å². The van der Waals surface area contributed by atoms with E-state index in [0.29, 0.717) is 17.9 Å². The molecule has 0 amide bonds. The first-order chi connectivity index (χ1) is 9.70. The molecule has 3 N–H and O–H groups in total. The van der Waals surface area contributed by atoms with E-state index in [2.05, 4.69) is 10.2 Å². The van der Waals surface area contributed by atoms with Crippen LogP contribution in [0.4, 0.5) is 11.4 Å². The first-order valence-corrected chi connectivity index (χ1v) is 7.23. The molecule has 20 heavy (non-hydrogen) atoms. The van der Waals surface area contributed by atoms with Crippen LogP contribution in [-0.4, -0.2) is 43.7 Å². The van der Waals surface area contributed by atoms with Crippen LogP contribution >= 0.6 is 0 Å². The lowest BCUT2D eigenvalue weighted by atomic mass is 10.1. The van der Waals surface area contributed by atoms with Crippen LogP contribution in [0.2, 0.25) is 0 Å². The maximum absolute atomic E-state index is 11.8. The monoisotopic (exact) mass is 277 g/mol. The zero-order chi connectivity index (χ0) is 14.4. The number of ether oxygens (including phenoxy) is 1. The summed E-state index contributed by atoms with van der Waals surface area (Å²) in [5.74, 6) is -0.367. The number of nitrogens with zero attached hydrogens (tertiary/aromatic N) is 1. The van der Waals surface area contributed by atoms with Crippen molar-refractivity contribution in [2.24, 2.45) is 0 Å². The molecule has 2 rings (SSSR count). The number of rotatable bonds is 6. The van der Waals surface area contributed by atoms with Crippen LogP contribution in [0.3, 0.4) is 0 Å². The molecular weight excluding hydrogens is 254 g/mol. The van der Waals surface area contributed by atoms with Crippen LogP contribution < -0.4 is 11.1 Å². The van der Waals surface area contributed by atoms with Gasteiger partial charge >= 0.3 is 5.97 Å². The summed E-state index contributed by atoms with van der Waals surface area (Å²) in [6, 6.07) is 5.39. The third-order valence-electron chi connectivity index (χ3n) is 3.50. The van der Waals surface area contributed by atoms with E-state index >= 15 is 0 Å². The predicted octanol–water partition coefficient (Wildman–Crippen LogP) is 1.95. The number of nitrogen functional groups attached to an aromatic ring is 1. The molecule has 0 bridgehead atoms. The molecule has 0 aromatic heterocycles. The van der Waals surface area contributed by atoms with Crippen LogP contribution in [0.1, 0.15) is 30.1 Å². The summed E-state index contributed by atoms with van der Waals surface area (Å²) in [6.07, 6.45) is 2.60. The Morgan fingerprint density at radius 2 is 2.15 bits per heavy atom. The van der Waals surface area contributed by atoms with Crippen molar-refractivity contribution in [1.82, 2.24) is 4.90 Å². The highest BCUT2D eigenvalue weighted by atomic mass is 16.5. The second kappa shape index (κ2) is 7.14. The molecule has 5 nitrogen and oxygen atoms in total. The number of hydrogen-bond donors (Lipinski definition) is 2. The zero-order valence-electron chi connectivity index (χ0n) is 12.0. The van der Waals surface area contributed by atoms with Gasteiger partial charge in [0.1, 0.15) is 0 Å². The second-order valence-corrected chi connectivity index (χ2v) is 5.00. The summed E-state index contributed by atoms with van der Waals surface area (Å²) < 4.78 is 4.99. The normalized spacial score (nSPS) is 15.2. The SMILES string of the molecule is CCOC(=O)c1cc(NCCN2CCCC2)ccc1N. The quantitative estimate of drug-likeness (QED) is 0.614. The summed E-state index contributed by atoms with van der Waals surface area (Å²) >= 11 is 0. The van der Waals surface area contributed by atoms with E-state index < -0.39 is 0 Å². The Labute approximate surface area is 120 Å². The average molecular weight is 277 g/mol. The molecule has 0 saturated carbocycles. The molecule has 1 saturated heterocycles. The highest BCUT2D eigenvalue weighted by Crippen LogP contribution is 2.19. The minimum atomic E-state index is -0.367. The van der Waals surface area contributed by atoms with E-state index in [1.807, 2.05) is 6.07 Å². The van der Waals surface area contributed by atoms with E-state index in [9.17, 15) is 4.79 Å². The molecule has 0 radical (unpaired) electrons. The molecule has 1 aromatic carbocycles. The Hall–Kier alpha value is -1.75. The van der Waals surface area contributed by atoms with Gasteiger partial charge in [-0.15, -0.1) is 0 Å². The van der Waals surface area contributed by atoms with E-state index in [1.54, 1.807) is 19.1 Å². The minimum Gasteiger partial charge on any atom is -0.462 e. The summed E-state index contributed by atoms with van der Waals surface area (Å²) in [4.78, 5) is 14.2. The molecule has 1 fully saturated rings. The minimum absolute atomic E-state index is 0.352. The van der Waals surface area contributed by atoms with Crippen molar-refractivity contribution < 1.29 is 9.53 Å². The van der Waals surface area contributed by atoms with Gasteiger partial charge in [0.25, 0.3) is 0 Å². The number of anilines is 2. The smallest absolute Gasteiger partial charge is 0.340 e. The topological polar surface area (TPSA) is 67.6 Å². The van der Waals surface area contributed by atoms with Crippen LogP contribution in [0.25, 0.3) is 0 Å². The molecule has 1 aromatic rings. The number of benzene rings is 1. The predicted molar refractivity (Wildman–Crippen MR) is 81.0 cm³/mol. The molecule has 1 heterocycles. The van der Waals surface area contributed by atoms with Gasteiger partial charge in [-0.3, -0.25) is 0 Å². The van der Waals surface area contributed by atoms with Gasteiger partial charge in [0.2, 0.25) is 0 Å². The molecule has 0 aliphatic carbocycles. The Morgan fingerprint density at radius 1 is 1.40 bits per heavy atom. The van der Waals surface area contributed by atoms with Crippen LogP contribution in [0.5, 0.6) is 0 Å². The highest BCUT2D eigenvalue weighted by Gasteiger charge is 2.12. The van der Waals surface area contributed by atoms with E-state index in [-0.39, 0.29) is 5.97 Å². The first kappa shape index (κ1) is 14.7. The van der Waals surface area contributed by atoms with Crippen molar-refractivity contribution >= 4 is 17.3 Å². The Kier molecular flexibility index (Phi) is 5.24. The average Bonchev–Trinajstić information content (AvgIpc) is 2.94. The Morgan fingerprint density at radius 3 is 2.85 bits per heavy atom. The number of carbonyl (C=O) groups excluding carboxylic acids is 1. The lowest BCUT2D eigenvalue weighted by Gasteiger charge is -2.16. The summed E-state index contributed by atoms with van der Waals surface area (Å²) in [6.45, 7) is 6.41. The molecule has 0 unspecified atom stereocenters. The fourth-order valence-corrected chi connectivity index (χ4v) is 2.42. The van der Waals surface area contributed by atoms with Crippen molar-refractivity contribution in [2.45, 2.75) is 19.8 Å². The molecule has 1 aliphatic heterocycles. The van der Waals surface area contributed by atoms with Crippen LogP contribution in [0, 0.1) is 0 Å². The largest absolute Gasteiger partial charge is 0.462 e. The second-order valence-electron chi connectivity index (χ2n) is 5.00. The molecule has 0 spiro atoms. The fourth-order valence-electron chi connectivity index (χ4n) is 2.42. The van der Waals surface area contributed by atoms with Gasteiger partial charge in [0, 0.05) is 24.5 Å². The Balaban J connectivity index is 1.90. The van der Waals surface area contributed by atoms with Gasteiger partial charge in [-0.2, -0.15) is 0 Å². The van der Waals surface area contributed by atoms with Gasteiger partial charge in [0.05, 0.1) is 12.2 Å². The Bertz CT molecular complexity index is 456. The number of nitrogens with two attached hydrogens (primary N) is 1. The first-order valence-electron chi connectivity index (χ1n) is 7.23. The fraction of sp³-hybridized carbons (Fsp3) is 0.533. The highest BCUT2D eigenvalue weighted by molar-refractivity contribution is 5.96. The number of hydrogen-bond acceptors (Lipinski definition) is 5. The van der Waals surface area contributed by atoms with Crippen molar-refractivity contribution in [3.8, 4) is 0 Å². The van der Waals surface area contributed by atoms with Gasteiger partial charge in [-0.25, -0.2) is 4.79 Å². The lowest BCUT2D eigenvalue weighted by molar-refractivity contribution is 0.0527. The molecule has 110 valence electrons. The number of nitrogens with one attached hydrogen (secondary N) is 1. The number of esters is 1. The lowest BCUT2D eigenvalue weighted by Crippen LogP contribution is -2.26. The van der Waals surface area contributed by atoms with Gasteiger partial charge in [0.15, 0.2) is 0 Å². The van der Waals surface area contributed by atoms with Crippen LogP contribution in [-0.2, 0) is 4.74 Å². The van der Waals surface area contributed by atoms with Crippen LogP contribution in [0.15, 0.2) is 18.2 Å². The maximum Gasteiger partial charge on any atom is 0.340 e. The summed E-state index contributed by atoms with van der Waals surface area (Å²) in [7, 11) is 0. The van der Waals surface area contributed by atoms with Gasteiger partial charge in [-0.05, 0) is 51.1 Å². The number of likely N-dealkylation sites (tertiary alicyclic amines) is 1. The zero-order valence-corrected chi connectivity index (χ0v) is 12.0. The van der Waals surface area contributed by atoms with Gasteiger partial charge < -0.3 is 20.7 Å². The van der Waals surface area contributed by atoms with Crippen molar-refractivity contribution in [1.29, 1.82) is 0 Å². The molecular formula is C15H23N3O2. The number of carbonyl (C=O) groups is 1. The van der Waals surface area contributed by atoms with E-state index in [0.717, 1.165) is 18.8 Å². The molecule has 0 atom stereocenters. The molecule has 1 aliphatic rings. The van der Waals surface area contributed by atoms with E-state index in [4.69, 9.17) is 10.5 Å². The third kappa shape index (κ3) is 3.87. The van der Waals surface area contributed by atoms with Gasteiger partial charge in [-0.1, -0.05) is 0 Å². The summed E-state index contributed by atoms with van der Waals surface area (Å²) in [5, 5.41) is 3.33. The summed E-state index contributed by atoms with van der Waals surface area (Å²) in [5.41, 5.74) is 7.60.